The molecule has 0 spiro atoms. The molecule has 1 aromatic rings. The van der Waals surface area contributed by atoms with Crippen molar-refractivity contribution < 1.29 is 14.3 Å². The van der Waals surface area contributed by atoms with E-state index in [2.05, 4.69) is 5.32 Å². The van der Waals surface area contributed by atoms with Crippen LogP contribution < -0.4 is 5.32 Å². The summed E-state index contributed by atoms with van der Waals surface area (Å²) in [7, 11) is 3.38. The van der Waals surface area contributed by atoms with E-state index in [0.29, 0.717) is 26.0 Å². The number of nitrogens with zero attached hydrogens (tertiary/aromatic N) is 1. The Hall–Kier alpha value is -1.40. The van der Waals surface area contributed by atoms with Crippen molar-refractivity contribution >= 4 is 23.2 Å². The molecule has 0 bridgehead atoms. The number of likely N-dealkylation sites (tertiary alicyclic amines) is 1. The number of amides is 2. The number of methoxy groups -OCH3 is 1. The second-order valence-electron chi connectivity index (χ2n) is 4.89. The fraction of sp³-hybridized carbons (Fsp3) is 0.571. The molecule has 1 aliphatic heterocycles. The second-order valence-corrected chi connectivity index (χ2v) is 5.87. The molecule has 2 amide bonds. The van der Waals surface area contributed by atoms with Gasteiger partial charge in [-0.3, -0.25) is 9.59 Å². The van der Waals surface area contributed by atoms with Gasteiger partial charge in [-0.05, 0) is 17.9 Å². The van der Waals surface area contributed by atoms with Crippen molar-refractivity contribution in [1.29, 1.82) is 0 Å². The molecule has 2 heterocycles. The van der Waals surface area contributed by atoms with Crippen molar-refractivity contribution in [1.82, 2.24) is 10.2 Å². The normalized spacial score (nSPS) is 22.9. The molecule has 1 aliphatic rings. The Balaban J connectivity index is 2.12. The Morgan fingerprint density at radius 3 is 3.05 bits per heavy atom. The molecule has 0 aliphatic carbocycles. The monoisotopic (exact) mass is 296 g/mol. The Bertz CT molecular complexity index is 461. The number of rotatable bonds is 5. The van der Waals surface area contributed by atoms with Crippen LogP contribution in [0.15, 0.2) is 17.5 Å². The van der Waals surface area contributed by atoms with Crippen LogP contribution in [-0.2, 0) is 14.3 Å². The molecule has 0 saturated carbocycles. The van der Waals surface area contributed by atoms with Crippen molar-refractivity contribution in [3.05, 3.63) is 22.4 Å². The summed E-state index contributed by atoms with van der Waals surface area (Å²) in [6.07, 6.45) is 1.03. The molecule has 6 heteroatoms. The van der Waals surface area contributed by atoms with Gasteiger partial charge in [0.2, 0.25) is 11.8 Å². The van der Waals surface area contributed by atoms with Crippen LogP contribution in [-0.4, -0.2) is 44.0 Å². The lowest BCUT2D eigenvalue weighted by atomic mass is 9.87. The van der Waals surface area contributed by atoms with Crippen LogP contribution in [0.4, 0.5) is 0 Å². The highest BCUT2D eigenvalue weighted by atomic mass is 32.1. The number of nitrogens with one attached hydrogen (secondary N) is 1. The molecule has 1 N–H and O–H groups in total. The van der Waals surface area contributed by atoms with E-state index in [4.69, 9.17) is 4.74 Å². The maximum Gasteiger partial charge on any atom is 0.225 e. The first-order valence-electron chi connectivity index (χ1n) is 6.71. The fourth-order valence-corrected chi connectivity index (χ4v) is 3.50. The third-order valence-corrected chi connectivity index (χ3v) is 4.58. The zero-order valence-corrected chi connectivity index (χ0v) is 12.6. The molecule has 20 heavy (non-hydrogen) atoms. The highest BCUT2D eigenvalue weighted by Crippen LogP contribution is 2.37. The van der Waals surface area contributed by atoms with Crippen molar-refractivity contribution in [3.8, 4) is 0 Å². The average Bonchev–Trinajstić information content (AvgIpc) is 2.95. The van der Waals surface area contributed by atoms with Crippen LogP contribution >= 0.6 is 11.3 Å². The summed E-state index contributed by atoms with van der Waals surface area (Å²) in [5.74, 6) is -0.0858. The maximum absolute atomic E-state index is 12.3. The Morgan fingerprint density at radius 1 is 1.60 bits per heavy atom. The molecule has 5 nitrogen and oxygen atoms in total. The van der Waals surface area contributed by atoms with Gasteiger partial charge in [-0.1, -0.05) is 6.07 Å². The highest BCUT2D eigenvalue weighted by molar-refractivity contribution is 7.10. The van der Waals surface area contributed by atoms with Crippen LogP contribution in [0.25, 0.3) is 0 Å². The lowest BCUT2D eigenvalue weighted by molar-refractivity contribution is -0.141. The standard InChI is InChI=1S/C14H20N2O3S/c1-16-12(17)6-5-10(14(18)15-7-8-19-2)13(16)11-4-3-9-20-11/h3-4,9-10,13H,5-8H2,1-2H3,(H,15,18). The molecule has 110 valence electrons. The van der Waals surface area contributed by atoms with Crippen molar-refractivity contribution in [2.45, 2.75) is 18.9 Å². The second kappa shape index (κ2) is 6.85. The van der Waals surface area contributed by atoms with Gasteiger partial charge in [-0.15, -0.1) is 11.3 Å². The Morgan fingerprint density at radius 2 is 2.40 bits per heavy atom. The molecule has 2 atom stereocenters. The van der Waals surface area contributed by atoms with E-state index in [1.165, 1.54) is 0 Å². The summed E-state index contributed by atoms with van der Waals surface area (Å²) in [6, 6.07) is 3.78. The maximum atomic E-state index is 12.3. The minimum atomic E-state index is -0.187. The lowest BCUT2D eigenvalue weighted by Crippen LogP contribution is -2.46. The number of hydrogen-bond acceptors (Lipinski definition) is 4. The first-order valence-corrected chi connectivity index (χ1v) is 7.59. The smallest absolute Gasteiger partial charge is 0.225 e. The van der Waals surface area contributed by atoms with E-state index < -0.39 is 0 Å². The Kier molecular flexibility index (Phi) is 5.14. The molecule has 1 saturated heterocycles. The number of carbonyl (C=O) groups is 2. The molecule has 1 aromatic heterocycles. The van der Waals surface area contributed by atoms with Crippen molar-refractivity contribution in [2.75, 3.05) is 27.3 Å². The molecule has 0 aromatic carbocycles. The van der Waals surface area contributed by atoms with Crippen LogP contribution in [0.1, 0.15) is 23.8 Å². The van der Waals surface area contributed by atoms with Gasteiger partial charge in [0, 0.05) is 32.0 Å². The number of piperidine rings is 1. The Labute approximate surface area is 122 Å². The third-order valence-electron chi connectivity index (χ3n) is 3.64. The van der Waals surface area contributed by atoms with Gasteiger partial charge in [-0.2, -0.15) is 0 Å². The van der Waals surface area contributed by atoms with Crippen LogP contribution in [0.5, 0.6) is 0 Å². The summed E-state index contributed by atoms with van der Waals surface area (Å²) >= 11 is 1.59. The molecular formula is C14H20N2O3S. The van der Waals surface area contributed by atoms with Crippen molar-refractivity contribution in [3.63, 3.8) is 0 Å². The predicted octanol–water partition coefficient (Wildman–Crippen LogP) is 1.42. The summed E-state index contributed by atoms with van der Waals surface area (Å²) < 4.78 is 4.94. The van der Waals surface area contributed by atoms with Gasteiger partial charge in [0.15, 0.2) is 0 Å². The molecule has 2 unspecified atom stereocenters. The average molecular weight is 296 g/mol. The number of hydrogen-bond donors (Lipinski definition) is 1. The summed E-state index contributed by atoms with van der Waals surface area (Å²) in [6.45, 7) is 0.998. The van der Waals surface area contributed by atoms with Crippen LogP contribution in [0.3, 0.4) is 0 Å². The third kappa shape index (κ3) is 3.19. The van der Waals surface area contributed by atoms with Gasteiger partial charge in [0.25, 0.3) is 0 Å². The quantitative estimate of drug-likeness (QED) is 0.836. The fourth-order valence-electron chi connectivity index (χ4n) is 2.57. The van der Waals surface area contributed by atoms with E-state index in [1.807, 2.05) is 17.5 Å². The molecule has 1 fully saturated rings. The number of thiophene rings is 1. The van der Waals surface area contributed by atoms with E-state index in [-0.39, 0.29) is 23.8 Å². The van der Waals surface area contributed by atoms with Gasteiger partial charge in [0.1, 0.15) is 0 Å². The minimum absolute atomic E-state index is 0.000185. The first-order chi connectivity index (χ1) is 9.65. The van der Waals surface area contributed by atoms with E-state index in [1.54, 1.807) is 30.4 Å². The van der Waals surface area contributed by atoms with Gasteiger partial charge >= 0.3 is 0 Å². The highest BCUT2D eigenvalue weighted by Gasteiger charge is 2.39. The summed E-state index contributed by atoms with van der Waals surface area (Å²) in [4.78, 5) is 27.0. The zero-order valence-electron chi connectivity index (χ0n) is 11.8. The molecular weight excluding hydrogens is 276 g/mol. The summed E-state index contributed by atoms with van der Waals surface area (Å²) in [5, 5.41) is 4.86. The molecule has 0 radical (unpaired) electrons. The predicted molar refractivity (Wildman–Crippen MR) is 77.4 cm³/mol. The minimum Gasteiger partial charge on any atom is -0.383 e. The van der Waals surface area contributed by atoms with E-state index in [0.717, 1.165) is 4.88 Å². The van der Waals surface area contributed by atoms with E-state index in [9.17, 15) is 9.59 Å². The van der Waals surface area contributed by atoms with Crippen LogP contribution in [0, 0.1) is 5.92 Å². The first kappa shape index (κ1) is 15.0. The SMILES string of the molecule is COCCNC(=O)C1CCC(=O)N(C)C1c1cccs1. The van der Waals surface area contributed by atoms with Gasteiger partial charge in [0.05, 0.1) is 18.6 Å². The number of ether oxygens (including phenoxy) is 1. The lowest BCUT2D eigenvalue weighted by Gasteiger charge is -2.37. The number of carbonyl (C=O) groups excluding carboxylic acids is 2. The summed E-state index contributed by atoms with van der Waals surface area (Å²) in [5.41, 5.74) is 0. The van der Waals surface area contributed by atoms with E-state index >= 15 is 0 Å². The zero-order chi connectivity index (χ0) is 14.5. The largest absolute Gasteiger partial charge is 0.383 e. The van der Waals surface area contributed by atoms with Gasteiger partial charge in [-0.25, -0.2) is 0 Å². The van der Waals surface area contributed by atoms with Gasteiger partial charge < -0.3 is 15.0 Å². The van der Waals surface area contributed by atoms with Crippen LogP contribution in [0.2, 0.25) is 0 Å². The molecule has 2 rings (SSSR count). The van der Waals surface area contributed by atoms with Crippen molar-refractivity contribution in [2.24, 2.45) is 5.92 Å². The topological polar surface area (TPSA) is 58.6 Å².